The van der Waals surface area contributed by atoms with E-state index in [0.29, 0.717) is 11.5 Å². The van der Waals surface area contributed by atoms with Gasteiger partial charge in [-0.3, -0.25) is 0 Å². The van der Waals surface area contributed by atoms with Crippen LogP contribution in [0.1, 0.15) is 69.4 Å². The predicted octanol–water partition coefficient (Wildman–Crippen LogP) is 11.0. The Kier molecular flexibility index (Phi) is 10.3. The van der Waals surface area contributed by atoms with Crippen LogP contribution < -0.4 is 22.8 Å². The summed E-state index contributed by atoms with van der Waals surface area (Å²) in [5.74, 6) is 3.70. The van der Waals surface area contributed by atoms with E-state index in [-0.39, 0.29) is 29.1 Å². The molecule has 7 heteroatoms. The van der Waals surface area contributed by atoms with Crippen LogP contribution in [-0.2, 0) is 5.41 Å². The second-order valence-electron chi connectivity index (χ2n) is 13.1. The summed E-state index contributed by atoms with van der Waals surface area (Å²) in [6.07, 6.45) is 0. The molecule has 0 heterocycles. The van der Waals surface area contributed by atoms with Crippen molar-refractivity contribution in [3.8, 4) is 39.9 Å². The zero-order valence-electron chi connectivity index (χ0n) is 27.0. The lowest BCUT2D eigenvalue weighted by Crippen LogP contribution is -2.22. The Morgan fingerprint density at radius 1 is 0.465 bits per heavy atom. The SMILES string of the molecule is Cc1cc(C)cc(OPOc2ccc(OC(C)(C)C)cc2-c2cc(C(C)(C)C)ccc2OPOc2cc(C)cc(C)c2)c1. The molecule has 0 N–H and O–H groups in total. The molecule has 0 aliphatic rings. The first-order valence-corrected chi connectivity index (χ1v) is 16.1. The van der Waals surface area contributed by atoms with Gasteiger partial charge in [0.1, 0.15) is 34.3 Å². The van der Waals surface area contributed by atoms with Crippen LogP contribution in [0.15, 0.2) is 72.8 Å². The molecule has 0 aromatic heterocycles. The lowest BCUT2D eigenvalue weighted by Gasteiger charge is -2.24. The molecule has 0 saturated carbocycles. The van der Waals surface area contributed by atoms with Crippen LogP contribution >= 0.6 is 18.1 Å². The van der Waals surface area contributed by atoms with Crippen molar-refractivity contribution in [1.82, 2.24) is 0 Å². The molecule has 0 aliphatic carbocycles. The fourth-order valence-electron chi connectivity index (χ4n) is 4.73. The molecule has 4 aromatic carbocycles. The zero-order valence-corrected chi connectivity index (χ0v) is 29.0. The molecule has 43 heavy (non-hydrogen) atoms. The van der Waals surface area contributed by atoms with E-state index >= 15 is 0 Å². The van der Waals surface area contributed by atoms with Gasteiger partial charge in [-0.2, -0.15) is 0 Å². The molecule has 0 amide bonds. The summed E-state index contributed by atoms with van der Waals surface area (Å²) in [6.45, 7) is 21.0. The monoisotopic (exact) mass is 618 g/mol. The number of benzene rings is 4. The Labute approximate surface area is 261 Å². The van der Waals surface area contributed by atoms with E-state index in [9.17, 15) is 0 Å². The van der Waals surface area contributed by atoms with Crippen LogP contribution in [0.2, 0.25) is 0 Å². The van der Waals surface area contributed by atoms with E-state index in [0.717, 1.165) is 50.6 Å². The molecule has 0 fully saturated rings. The van der Waals surface area contributed by atoms with Crippen molar-refractivity contribution in [3.63, 3.8) is 0 Å². The maximum absolute atomic E-state index is 6.32. The lowest BCUT2D eigenvalue weighted by atomic mass is 9.85. The smallest absolute Gasteiger partial charge is 0.275 e. The van der Waals surface area contributed by atoms with Crippen molar-refractivity contribution in [2.24, 2.45) is 0 Å². The second-order valence-corrected chi connectivity index (χ2v) is 14.2. The quantitative estimate of drug-likeness (QED) is 0.166. The molecule has 228 valence electrons. The van der Waals surface area contributed by atoms with Gasteiger partial charge >= 0.3 is 0 Å². The molecular formula is C36H44O5P2. The highest BCUT2D eigenvalue weighted by molar-refractivity contribution is 7.27. The second kappa shape index (κ2) is 13.6. The van der Waals surface area contributed by atoms with Gasteiger partial charge in [-0.25, -0.2) is 0 Å². The van der Waals surface area contributed by atoms with Gasteiger partial charge in [-0.1, -0.05) is 39.0 Å². The minimum atomic E-state index is -0.360. The van der Waals surface area contributed by atoms with Gasteiger partial charge in [0.2, 0.25) is 0 Å². The average Bonchev–Trinajstić information content (AvgIpc) is 2.87. The highest BCUT2D eigenvalue weighted by atomic mass is 31.1. The van der Waals surface area contributed by atoms with E-state index in [1.807, 2.05) is 69.3 Å². The largest absolute Gasteiger partial charge is 0.488 e. The van der Waals surface area contributed by atoms with Gasteiger partial charge < -0.3 is 22.8 Å². The Morgan fingerprint density at radius 3 is 1.35 bits per heavy atom. The highest BCUT2D eigenvalue weighted by Crippen LogP contribution is 2.44. The molecule has 0 bridgehead atoms. The van der Waals surface area contributed by atoms with Crippen LogP contribution in [0, 0.1) is 27.7 Å². The molecule has 4 aromatic rings. The Balaban J connectivity index is 1.69. The van der Waals surface area contributed by atoms with Crippen molar-refractivity contribution < 1.29 is 22.8 Å². The fourth-order valence-corrected chi connectivity index (χ4v) is 5.78. The normalized spacial score (nSPS) is 12.2. The molecule has 5 nitrogen and oxygen atoms in total. The summed E-state index contributed by atoms with van der Waals surface area (Å²) >= 11 is 0. The number of hydrogen-bond donors (Lipinski definition) is 0. The van der Waals surface area contributed by atoms with E-state index in [4.69, 9.17) is 22.8 Å². The van der Waals surface area contributed by atoms with Gasteiger partial charge in [0, 0.05) is 11.1 Å². The number of aryl methyl sites for hydroxylation is 4. The number of ether oxygens (including phenoxy) is 1. The number of rotatable bonds is 10. The summed E-state index contributed by atoms with van der Waals surface area (Å²) in [6, 6.07) is 24.5. The topological polar surface area (TPSA) is 46.2 Å². The molecule has 0 saturated heterocycles. The minimum absolute atomic E-state index is 0.0699. The van der Waals surface area contributed by atoms with E-state index < -0.39 is 0 Å². The summed E-state index contributed by atoms with van der Waals surface area (Å²) in [5, 5.41) is 0. The molecule has 2 unspecified atom stereocenters. The third-order valence-electron chi connectivity index (χ3n) is 6.52. The van der Waals surface area contributed by atoms with Crippen LogP contribution in [0.5, 0.6) is 28.7 Å². The van der Waals surface area contributed by atoms with Crippen molar-refractivity contribution in [2.75, 3.05) is 0 Å². The van der Waals surface area contributed by atoms with Gasteiger partial charge in [0.25, 0.3) is 18.1 Å². The molecule has 0 spiro atoms. The molecule has 4 rings (SSSR count). The molecule has 2 atom stereocenters. The lowest BCUT2D eigenvalue weighted by molar-refractivity contribution is 0.131. The summed E-state index contributed by atoms with van der Waals surface area (Å²) in [5.41, 5.74) is 7.09. The minimum Gasteiger partial charge on any atom is -0.488 e. The van der Waals surface area contributed by atoms with E-state index in [2.05, 4.69) is 72.7 Å². The van der Waals surface area contributed by atoms with Crippen LogP contribution in [0.4, 0.5) is 0 Å². The van der Waals surface area contributed by atoms with Crippen molar-refractivity contribution >= 4 is 18.1 Å². The maximum Gasteiger partial charge on any atom is 0.275 e. The van der Waals surface area contributed by atoms with Gasteiger partial charge in [-0.15, -0.1) is 0 Å². The van der Waals surface area contributed by atoms with Crippen molar-refractivity contribution in [2.45, 2.75) is 80.3 Å². The predicted molar refractivity (Wildman–Crippen MR) is 182 cm³/mol. The van der Waals surface area contributed by atoms with Gasteiger partial charge in [-0.05, 0) is 136 Å². The third-order valence-corrected chi connectivity index (χ3v) is 7.77. The highest BCUT2D eigenvalue weighted by Gasteiger charge is 2.21. The Morgan fingerprint density at radius 2 is 0.907 bits per heavy atom. The molecular weight excluding hydrogens is 574 g/mol. The first-order chi connectivity index (χ1) is 20.2. The maximum atomic E-state index is 6.32. The van der Waals surface area contributed by atoms with Gasteiger partial charge in [0.15, 0.2) is 0 Å². The first kappa shape index (κ1) is 32.6. The average molecular weight is 619 g/mol. The molecule has 0 radical (unpaired) electrons. The molecule has 0 aliphatic heterocycles. The van der Waals surface area contributed by atoms with Crippen molar-refractivity contribution in [3.05, 3.63) is 101 Å². The van der Waals surface area contributed by atoms with E-state index in [1.165, 1.54) is 5.56 Å². The third kappa shape index (κ3) is 9.62. The first-order valence-electron chi connectivity index (χ1n) is 14.5. The van der Waals surface area contributed by atoms with E-state index in [1.54, 1.807) is 0 Å². The Bertz CT molecular complexity index is 1530. The van der Waals surface area contributed by atoms with Crippen LogP contribution in [0.3, 0.4) is 0 Å². The summed E-state index contributed by atoms with van der Waals surface area (Å²) < 4.78 is 31.0. The van der Waals surface area contributed by atoms with Crippen LogP contribution in [-0.4, -0.2) is 5.60 Å². The zero-order chi connectivity index (χ0) is 31.4. The number of hydrogen-bond acceptors (Lipinski definition) is 5. The fraction of sp³-hybridized carbons (Fsp3) is 0.333. The van der Waals surface area contributed by atoms with Crippen molar-refractivity contribution in [1.29, 1.82) is 0 Å². The standard InChI is InChI=1S/C36H44O5P2/c1-23-15-24(2)18-29(17-23)38-42-40-33-13-11-27(35(5,6)7)21-31(33)32-22-28(37-36(8,9)10)12-14-34(32)41-43-39-30-19-25(3)16-26(4)20-30/h11-22,42-43H,1-10H3. The van der Waals surface area contributed by atoms with Gasteiger partial charge in [0.05, 0.1) is 0 Å². The summed E-state index contributed by atoms with van der Waals surface area (Å²) in [7, 11) is -0.460. The summed E-state index contributed by atoms with van der Waals surface area (Å²) in [4.78, 5) is 0. The Hall–Kier alpha value is -3.26. The van der Waals surface area contributed by atoms with Crippen LogP contribution in [0.25, 0.3) is 11.1 Å².